The van der Waals surface area contributed by atoms with E-state index < -0.39 is 0 Å². The summed E-state index contributed by atoms with van der Waals surface area (Å²) in [4.78, 5) is 8.19. The Hall–Kier alpha value is -0.750. The van der Waals surface area contributed by atoms with Crippen LogP contribution in [0.1, 0.15) is 16.5 Å². The van der Waals surface area contributed by atoms with Crippen LogP contribution in [0.2, 0.25) is 0 Å². The summed E-state index contributed by atoms with van der Waals surface area (Å²) in [7, 11) is 0. The minimum atomic E-state index is 0.349. The molecule has 3 rings (SSSR count). The van der Waals surface area contributed by atoms with E-state index in [-0.39, 0.29) is 0 Å². The van der Waals surface area contributed by atoms with Gasteiger partial charge in [-0.3, -0.25) is 4.90 Å². The fourth-order valence-corrected chi connectivity index (χ4v) is 3.80. The molecule has 1 aliphatic heterocycles. The molecule has 0 spiro atoms. The van der Waals surface area contributed by atoms with Gasteiger partial charge in [-0.25, -0.2) is 4.98 Å². The molecule has 1 fully saturated rings. The smallest absolute Gasteiger partial charge is 0.106 e. The van der Waals surface area contributed by atoms with Gasteiger partial charge in [0.1, 0.15) is 4.60 Å². The maximum Gasteiger partial charge on any atom is 0.106 e. The number of hydrogen-bond acceptors (Lipinski definition) is 4. The summed E-state index contributed by atoms with van der Waals surface area (Å²) in [5.74, 6) is 0. The Morgan fingerprint density at radius 3 is 2.84 bits per heavy atom. The molecule has 0 aromatic carbocycles. The number of hydrogen-bond donors (Lipinski definition) is 1. The van der Waals surface area contributed by atoms with E-state index in [4.69, 9.17) is 0 Å². The van der Waals surface area contributed by atoms with Gasteiger partial charge >= 0.3 is 0 Å². The molecule has 0 saturated carbocycles. The van der Waals surface area contributed by atoms with Crippen molar-refractivity contribution >= 4 is 27.3 Å². The van der Waals surface area contributed by atoms with Crippen LogP contribution in [0.4, 0.5) is 0 Å². The van der Waals surface area contributed by atoms with Gasteiger partial charge in [-0.15, -0.1) is 11.3 Å². The van der Waals surface area contributed by atoms with Crippen LogP contribution in [0.25, 0.3) is 0 Å². The van der Waals surface area contributed by atoms with Crippen molar-refractivity contribution in [3.05, 3.63) is 50.9 Å². The maximum atomic E-state index is 4.24. The Morgan fingerprint density at radius 1 is 1.32 bits per heavy atom. The van der Waals surface area contributed by atoms with E-state index in [0.717, 1.165) is 30.8 Å². The summed E-state index contributed by atoms with van der Waals surface area (Å²) in [5, 5.41) is 5.57. The Labute approximate surface area is 125 Å². The van der Waals surface area contributed by atoms with Crippen LogP contribution >= 0.6 is 27.3 Å². The summed E-state index contributed by atoms with van der Waals surface area (Å²) >= 11 is 5.31. The highest BCUT2D eigenvalue weighted by Gasteiger charge is 2.24. The normalized spacial score (nSPS) is 18.4. The lowest BCUT2D eigenvalue weighted by molar-refractivity contribution is 0.200. The Kier molecular flexibility index (Phi) is 4.28. The predicted octanol–water partition coefficient (Wildman–Crippen LogP) is 2.90. The highest BCUT2D eigenvalue weighted by atomic mass is 79.9. The van der Waals surface area contributed by atoms with E-state index in [0.29, 0.717) is 6.04 Å². The van der Waals surface area contributed by atoms with Crippen molar-refractivity contribution in [1.82, 2.24) is 15.2 Å². The van der Waals surface area contributed by atoms with Gasteiger partial charge in [0, 0.05) is 37.3 Å². The molecule has 0 aliphatic carbocycles. The second-order valence-electron chi connectivity index (χ2n) is 4.62. The van der Waals surface area contributed by atoms with Crippen molar-refractivity contribution in [2.45, 2.75) is 6.04 Å². The molecule has 1 saturated heterocycles. The van der Waals surface area contributed by atoms with Gasteiger partial charge in [-0.1, -0.05) is 6.07 Å². The Balaban J connectivity index is 1.96. The van der Waals surface area contributed by atoms with E-state index in [1.165, 1.54) is 10.4 Å². The summed E-state index contributed by atoms with van der Waals surface area (Å²) in [6.07, 6.45) is 1.88. The van der Waals surface area contributed by atoms with E-state index in [1.807, 2.05) is 17.5 Å². The number of pyridine rings is 1. The first kappa shape index (κ1) is 13.2. The lowest BCUT2D eigenvalue weighted by Gasteiger charge is -2.34. The number of nitrogens with one attached hydrogen (secondary N) is 1. The average Bonchev–Trinajstić information content (AvgIpc) is 2.94. The van der Waals surface area contributed by atoms with Crippen LogP contribution < -0.4 is 5.32 Å². The van der Waals surface area contributed by atoms with E-state index >= 15 is 0 Å². The molecule has 100 valence electrons. The number of rotatable bonds is 3. The van der Waals surface area contributed by atoms with Crippen molar-refractivity contribution in [2.75, 3.05) is 26.2 Å². The third-order valence-corrected chi connectivity index (χ3v) is 4.75. The zero-order chi connectivity index (χ0) is 13.1. The SMILES string of the molecule is Brc1cc([C@@H](c2cccs2)N2CCNCC2)ccn1. The first-order chi connectivity index (χ1) is 9.34. The minimum Gasteiger partial charge on any atom is -0.314 e. The first-order valence-electron chi connectivity index (χ1n) is 6.44. The van der Waals surface area contributed by atoms with Crippen LogP contribution in [0.3, 0.4) is 0 Å². The molecule has 2 aromatic heterocycles. The Morgan fingerprint density at radius 2 is 2.16 bits per heavy atom. The third kappa shape index (κ3) is 3.05. The monoisotopic (exact) mass is 337 g/mol. The molecule has 3 heterocycles. The van der Waals surface area contributed by atoms with Gasteiger partial charge in [-0.2, -0.15) is 0 Å². The second kappa shape index (κ2) is 6.13. The Bertz CT molecular complexity index is 523. The van der Waals surface area contributed by atoms with Gasteiger partial charge < -0.3 is 5.32 Å². The molecule has 0 unspecified atom stereocenters. The molecule has 0 radical (unpaired) electrons. The molecular weight excluding hydrogens is 322 g/mol. The minimum absolute atomic E-state index is 0.349. The van der Waals surface area contributed by atoms with Crippen molar-refractivity contribution in [1.29, 1.82) is 0 Å². The van der Waals surface area contributed by atoms with E-state index in [2.05, 4.69) is 60.8 Å². The second-order valence-corrected chi connectivity index (χ2v) is 6.41. The summed E-state index contributed by atoms with van der Waals surface area (Å²) in [5.41, 5.74) is 1.31. The lowest BCUT2D eigenvalue weighted by atomic mass is 10.0. The number of aromatic nitrogens is 1. The van der Waals surface area contributed by atoms with Gasteiger partial charge in [-0.05, 0) is 45.1 Å². The molecular formula is C14H16BrN3S. The molecule has 0 bridgehead atoms. The molecule has 0 amide bonds. The highest BCUT2D eigenvalue weighted by Crippen LogP contribution is 2.32. The van der Waals surface area contributed by atoms with Gasteiger partial charge in [0.2, 0.25) is 0 Å². The van der Waals surface area contributed by atoms with Gasteiger partial charge in [0.25, 0.3) is 0 Å². The lowest BCUT2D eigenvalue weighted by Crippen LogP contribution is -2.45. The van der Waals surface area contributed by atoms with Crippen LogP contribution in [0, 0.1) is 0 Å². The third-order valence-electron chi connectivity index (χ3n) is 3.40. The summed E-state index contributed by atoms with van der Waals surface area (Å²) < 4.78 is 0.904. The standard InChI is InChI=1S/C14H16BrN3S/c15-13-10-11(3-4-17-13)14(12-2-1-9-19-12)18-7-5-16-6-8-18/h1-4,9-10,14,16H,5-8H2/t14-/m0/s1. The van der Waals surface area contributed by atoms with Gasteiger partial charge in [0.15, 0.2) is 0 Å². The fraction of sp³-hybridized carbons (Fsp3) is 0.357. The van der Waals surface area contributed by atoms with Crippen molar-refractivity contribution < 1.29 is 0 Å². The zero-order valence-electron chi connectivity index (χ0n) is 10.6. The molecule has 19 heavy (non-hydrogen) atoms. The van der Waals surface area contributed by atoms with Crippen molar-refractivity contribution in [2.24, 2.45) is 0 Å². The topological polar surface area (TPSA) is 28.2 Å². The van der Waals surface area contributed by atoms with Crippen LogP contribution in [-0.4, -0.2) is 36.1 Å². The summed E-state index contributed by atoms with van der Waals surface area (Å²) in [6, 6.07) is 8.96. The molecule has 2 aromatic rings. The number of thiophene rings is 1. The predicted molar refractivity (Wildman–Crippen MR) is 82.5 cm³/mol. The van der Waals surface area contributed by atoms with Crippen LogP contribution in [-0.2, 0) is 0 Å². The number of halogens is 1. The summed E-state index contributed by atoms with van der Waals surface area (Å²) in [6.45, 7) is 4.30. The first-order valence-corrected chi connectivity index (χ1v) is 8.11. The van der Waals surface area contributed by atoms with E-state index in [9.17, 15) is 0 Å². The van der Waals surface area contributed by atoms with Crippen LogP contribution in [0.5, 0.6) is 0 Å². The molecule has 5 heteroatoms. The molecule has 1 aliphatic rings. The molecule has 3 nitrogen and oxygen atoms in total. The quantitative estimate of drug-likeness (QED) is 0.873. The number of piperazine rings is 1. The average molecular weight is 338 g/mol. The molecule has 1 N–H and O–H groups in total. The maximum absolute atomic E-state index is 4.24. The van der Waals surface area contributed by atoms with Crippen molar-refractivity contribution in [3.63, 3.8) is 0 Å². The van der Waals surface area contributed by atoms with E-state index in [1.54, 1.807) is 0 Å². The highest BCUT2D eigenvalue weighted by molar-refractivity contribution is 9.10. The number of nitrogens with zero attached hydrogens (tertiary/aromatic N) is 2. The fourth-order valence-electron chi connectivity index (χ4n) is 2.53. The van der Waals surface area contributed by atoms with Crippen LogP contribution in [0.15, 0.2) is 40.4 Å². The van der Waals surface area contributed by atoms with Crippen molar-refractivity contribution in [3.8, 4) is 0 Å². The largest absolute Gasteiger partial charge is 0.314 e. The van der Waals surface area contributed by atoms with Gasteiger partial charge in [0.05, 0.1) is 6.04 Å². The zero-order valence-corrected chi connectivity index (χ0v) is 13.0. The molecule has 1 atom stereocenters.